The zero-order chi connectivity index (χ0) is 17.1. The largest absolute Gasteiger partial charge is 0.381 e. The van der Waals surface area contributed by atoms with Gasteiger partial charge < -0.3 is 29.6 Å². The van der Waals surface area contributed by atoms with Crippen LogP contribution in [0.2, 0.25) is 0 Å². The fraction of sp³-hybridized carbons (Fsp3) is 0.941. The molecule has 0 aliphatic carbocycles. The van der Waals surface area contributed by atoms with Crippen molar-refractivity contribution >= 4 is 29.9 Å². The van der Waals surface area contributed by atoms with E-state index in [2.05, 4.69) is 15.6 Å². The second-order valence-corrected chi connectivity index (χ2v) is 6.42. The van der Waals surface area contributed by atoms with E-state index in [4.69, 9.17) is 18.9 Å². The molecule has 2 N–H and O–H groups in total. The van der Waals surface area contributed by atoms with Crippen LogP contribution in [0.3, 0.4) is 0 Å². The summed E-state index contributed by atoms with van der Waals surface area (Å²) < 4.78 is 22.3. The van der Waals surface area contributed by atoms with Gasteiger partial charge in [0.05, 0.1) is 18.3 Å². The van der Waals surface area contributed by atoms with E-state index in [0.717, 1.165) is 77.6 Å². The molecule has 1 atom stereocenters. The van der Waals surface area contributed by atoms with Gasteiger partial charge in [-0.15, -0.1) is 24.0 Å². The Labute approximate surface area is 168 Å². The number of hydrogen-bond donors (Lipinski definition) is 2. The first-order chi connectivity index (χ1) is 11.8. The number of nitrogens with one attached hydrogen (secondary N) is 2. The van der Waals surface area contributed by atoms with Crippen LogP contribution in [0.25, 0.3) is 0 Å². The first kappa shape index (κ1) is 22.9. The molecule has 2 heterocycles. The SMILES string of the molecule is CN=C(NCCCOCC1CCCO1)NCC1(OC)CCOCC1.I. The average molecular weight is 471 g/mol. The van der Waals surface area contributed by atoms with Crippen LogP contribution in [0.5, 0.6) is 0 Å². The Bertz CT molecular complexity index is 373. The number of aliphatic imine (C=N–C) groups is 1. The van der Waals surface area contributed by atoms with E-state index in [1.807, 2.05) is 0 Å². The Kier molecular flexibility index (Phi) is 12.0. The molecule has 0 aromatic heterocycles. The molecule has 2 saturated heterocycles. The van der Waals surface area contributed by atoms with Gasteiger partial charge >= 0.3 is 0 Å². The smallest absolute Gasteiger partial charge is 0.191 e. The van der Waals surface area contributed by atoms with Gasteiger partial charge in [0.1, 0.15) is 0 Å². The maximum absolute atomic E-state index is 5.72. The Morgan fingerprint density at radius 1 is 1.24 bits per heavy atom. The number of nitrogens with zero attached hydrogens (tertiary/aromatic N) is 1. The Hall–Kier alpha value is -0.160. The summed E-state index contributed by atoms with van der Waals surface area (Å²) in [6, 6.07) is 0. The van der Waals surface area contributed by atoms with Crippen molar-refractivity contribution in [3.05, 3.63) is 0 Å². The van der Waals surface area contributed by atoms with Crippen LogP contribution in [0.4, 0.5) is 0 Å². The molecule has 0 saturated carbocycles. The monoisotopic (exact) mass is 471 g/mol. The van der Waals surface area contributed by atoms with Crippen LogP contribution in [0.1, 0.15) is 32.1 Å². The summed E-state index contributed by atoms with van der Waals surface area (Å²) in [5.74, 6) is 0.803. The van der Waals surface area contributed by atoms with Crippen LogP contribution in [0, 0.1) is 0 Å². The van der Waals surface area contributed by atoms with E-state index >= 15 is 0 Å². The van der Waals surface area contributed by atoms with Crippen LogP contribution in [-0.4, -0.2) is 77.9 Å². The maximum Gasteiger partial charge on any atom is 0.191 e. The molecule has 148 valence electrons. The molecule has 0 spiro atoms. The van der Waals surface area contributed by atoms with Crippen LogP contribution < -0.4 is 10.6 Å². The molecule has 0 aromatic rings. The summed E-state index contributed by atoms with van der Waals surface area (Å²) in [6.07, 6.45) is 5.34. The number of ether oxygens (including phenoxy) is 4. The van der Waals surface area contributed by atoms with Crippen molar-refractivity contribution in [2.75, 3.05) is 60.3 Å². The average Bonchev–Trinajstić information content (AvgIpc) is 3.14. The maximum atomic E-state index is 5.72. The molecule has 0 bridgehead atoms. The van der Waals surface area contributed by atoms with Crippen molar-refractivity contribution < 1.29 is 18.9 Å². The third-order valence-corrected chi connectivity index (χ3v) is 4.72. The molecule has 1 unspecified atom stereocenters. The number of guanidine groups is 1. The molecule has 2 aliphatic heterocycles. The lowest BCUT2D eigenvalue weighted by molar-refractivity contribution is -0.0855. The Morgan fingerprint density at radius 3 is 2.68 bits per heavy atom. The molecule has 25 heavy (non-hydrogen) atoms. The van der Waals surface area contributed by atoms with E-state index in [-0.39, 0.29) is 29.6 Å². The van der Waals surface area contributed by atoms with Gasteiger partial charge in [0.25, 0.3) is 0 Å². The van der Waals surface area contributed by atoms with Crippen molar-refractivity contribution in [1.29, 1.82) is 0 Å². The third-order valence-electron chi connectivity index (χ3n) is 4.72. The second kappa shape index (κ2) is 13.1. The Balaban J connectivity index is 0.00000312. The van der Waals surface area contributed by atoms with Crippen LogP contribution >= 0.6 is 24.0 Å². The predicted octanol–water partition coefficient (Wildman–Crippen LogP) is 1.55. The molecule has 0 radical (unpaired) electrons. The highest BCUT2D eigenvalue weighted by molar-refractivity contribution is 14.0. The molecule has 8 heteroatoms. The van der Waals surface area contributed by atoms with Crippen molar-refractivity contribution in [2.24, 2.45) is 4.99 Å². The lowest BCUT2D eigenvalue weighted by atomic mass is 9.94. The highest BCUT2D eigenvalue weighted by Crippen LogP contribution is 2.23. The molecule has 2 rings (SSSR count). The minimum absolute atomic E-state index is 0. The first-order valence-electron chi connectivity index (χ1n) is 9.05. The van der Waals surface area contributed by atoms with Gasteiger partial charge in [0.15, 0.2) is 5.96 Å². The van der Waals surface area contributed by atoms with E-state index in [0.29, 0.717) is 12.7 Å². The van der Waals surface area contributed by atoms with Gasteiger partial charge in [-0.05, 0) is 19.3 Å². The van der Waals surface area contributed by atoms with Crippen molar-refractivity contribution in [1.82, 2.24) is 10.6 Å². The van der Waals surface area contributed by atoms with E-state index in [1.165, 1.54) is 0 Å². The van der Waals surface area contributed by atoms with E-state index in [9.17, 15) is 0 Å². The fourth-order valence-electron chi connectivity index (χ4n) is 3.03. The number of hydrogen-bond acceptors (Lipinski definition) is 5. The summed E-state index contributed by atoms with van der Waals surface area (Å²) in [5, 5.41) is 6.68. The van der Waals surface area contributed by atoms with E-state index < -0.39 is 0 Å². The Morgan fingerprint density at radius 2 is 2.04 bits per heavy atom. The third kappa shape index (κ3) is 8.38. The summed E-state index contributed by atoms with van der Waals surface area (Å²) in [4.78, 5) is 4.27. The number of rotatable bonds is 9. The quantitative estimate of drug-likeness (QED) is 0.230. The standard InChI is InChI=1S/C17H33N3O4.HI/c1-18-16(20-14-17(21-2)6-11-22-12-7-17)19-8-4-9-23-13-15-5-3-10-24-15;/h15H,3-14H2,1-2H3,(H2,18,19,20);1H. The summed E-state index contributed by atoms with van der Waals surface area (Å²) >= 11 is 0. The molecule has 2 aliphatic rings. The second-order valence-electron chi connectivity index (χ2n) is 6.42. The summed E-state index contributed by atoms with van der Waals surface area (Å²) in [5.41, 5.74) is -0.153. The zero-order valence-corrected chi connectivity index (χ0v) is 17.9. The van der Waals surface area contributed by atoms with Gasteiger partial charge in [-0.25, -0.2) is 0 Å². The van der Waals surface area contributed by atoms with Crippen molar-refractivity contribution in [3.63, 3.8) is 0 Å². The van der Waals surface area contributed by atoms with Crippen LogP contribution in [0.15, 0.2) is 4.99 Å². The molecule has 0 aromatic carbocycles. The normalized spacial score (nSPS) is 23.1. The van der Waals surface area contributed by atoms with Crippen LogP contribution in [-0.2, 0) is 18.9 Å². The summed E-state index contributed by atoms with van der Waals surface area (Å²) in [7, 11) is 3.56. The van der Waals surface area contributed by atoms with Gasteiger partial charge in [-0.1, -0.05) is 0 Å². The number of methoxy groups -OCH3 is 1. The highest BCUT2D eigenvalue weighted by Gasteiger charge is 2.32. The van der Waals surface area contributed by atoms with Gasteiger partial charge in [0.2, 0.25) is 0 Å². The first-order valence-corrected chi connectivity index (χ1v) is 9.05. The predicted molar refractivity (Wildman–Crippen MR) is 109 cm³/mol. The fourth-order valence-corrected chi connectivity index (χ4v) is 3.03. The molecule has 7 nitrogen and oxygen atoms in total. The minimum atomic E-state index is -0.153. The summed E-state index contributed by atoms with van der Waals surface area (Å²) in [6.45, 7) is 5.41. The highest BCUT2D eigenvalue weighted by atomic mass is 127. The molecular formula is C17H34IN3O4. The lowest BCUT2D eigenvalue weighted by Gasteiger charge is -2.36. The molecular weight excluding hydrogens is 437 g/mol. The topological polar surface area (TPSA) is 73.3 Å². The minimum Gasteiger partial charge on any atom is -0.381 e. The van der Waals surface area contributed by atoms with Crippen molar-refractivity contribution in [2.45, 2.75) is 43.8 Å². The van der Waals surface area contributed by atoms with E-state index in [1.54, 1.807) is 14.2 Å². The van der Waals surface area contributed by atoms with Gasteiger partial charge in [-0.2, -0.15) is 0 Å². The van der Waals surface area contributed by atoms with Gasteiger partial charge in [0, 0.05) is 66.5 Å². The molecule has 2 fully saturated rings. The van der Waals surface area contributed by atoms with Crippen molar-refractivity contribution in [3.8, 4) is 0 Å². The van der Waals surface area contributed by atoms with Gasteiger partial charge in [-0.3, -0.25) is 4.99 Å². The number of halogens is 1. The zero-order valence-electron chi connectivity index (χ0n) is 15.6. The molecule has 0 amide bonds. The lowest BCUT2D eigenvalue weighted by Crippen LogP contribution is -2.50.